The molecule has 0 saturated heterocycles. The van der Waals surface area contributed by atoms with E-state index in [0.717, 1.165) is 0 Å². The third kappa shape index (κ3) is 11.1. The highest BCUT2D eigenvalue weighted by Crippen LogP contribution is 1.71. The molecule has 0 unspecified atom stereocenters. The van der Waals surface area contributed by atoms with Crippen LogP contribution in [-0.4, -0.2) is 19.5 Å². The van der Waals surface area contributed by atoms with Crippen LogP contribution in [0.1, 0.15) is 13.8 Å². The van der Waals surface area contributed by atoms with Gasteiger partial charge in [0.1, 0.15) is 6.61 Å². The Morgan fingerprint density at radius 1 is 1.67 bits per heavy atom. The molecule has 0 N–H and O–H groups in total. The maximum Gasteiger partial charge on any atom is 0.180 e. The Balaban J connectivity index is 0. The van der Waals surface area contributed by atoms with Gasteiger partial charge < -0.3 is 4.74 Å². The lowest BCUT2D eigenvalue weighted by molar-refractivity contribution is -0.117. The molecule has 54 valence electrons. The lowest BCUT2D eigenvalue weighted by Gasteiger charge is -1.86. The molecule has 0 saturated carbocycles. The quantitative estimate of drug-likeness (QED) is 0.540. The molecule has 0 bridgehead atoms. The summed E-state index contributed by atoms with van der Waals surface area (Å²) >= 11 is 0. The van der Waals surface area contributed by atoms with E-state index < -0.39 is 0 Å². The van der Waals surface area contributed by atoms with E-state index in [0.29, 0.717) is 0 Å². The number of hydrogen-bond donors (Lipinski definition) is 0. The van der Waals surface area contributed by atoms with Gasteiger partial charge in [-0.15, -0.1) is 0 Å². The molecule has 2 nitrogen and oxygen atoms in total. The summed E-state index contributed by atoms with van der Waals surface area (Å²) in [6.45, 7) is 7.39. The maximum atomic E-state index is 10.2. The number of ether oxygens (including phenoxy) is 1. The Hall–Kier alpha value is -0.630. The van der Waals surface area contributed by atoms with Crippen LogP contribution in [0.15, 0.2) is 12.7 Å². The first-order valence-corrected chi connectivity index (χ1v) is 2.95. The fourth-order valence-corrected chi connectivity index (χ4v) is 0.201. The number of methoxy groups -OCH3 is 1. The van der Waals surface area contributed by atoms with Crippen LogP contribution >= 0.6 is 0 Å². The van der Waals surface area contributed by atoms with E-state index in [2.05, 4.69) is 11.3 Å². The summed E-state index contributed by atoms with van der Waals surface area (Å²) in [4.78, 5) is 10.2. The minimum absolute atomic E-state index is 0.0810. The average Bonchev–Trinajstić information content (AvgIpc) is 1.93. The smallest absolute Gasteiger partial charge is 0.180 e. The van der Waals surface area contributed by atoms with Gasteiger partial charge in [0, 0.05) is 7.11 Å². The van der Waals surface area contributed by atoms with E-state index >= 15 is 0 Å². The summed E-state index contributed by atoms with van der Waals surface area (Å²) in [5, 5.41) is 0. The van der Waals surface area contributed by atoms with Crippen molar-refractivity contribution in [2.24, 2.45) is 0 Å². The highest BCUT2D eigenvalue weighted by molar-refractivity contribution is 5.90. The molecule has 0 atom stereocenters. The summed E-state index contributed by atoms with van der Waals surface area (Å²) in [6.07, 6.45) is 1.24. The first kappa shape index (κ1) is 11.2. The summed E-state index contributed by atoms with van der Waals surface area (Å²) in [7, 11) is 1.47. The van der Waals surface area contributed by atoms with Gasteiger partial charge in [0.05, 0.1) is 0 Å². The second-order valence-corrected chi connectivity index (χ2v) is 1.10. The average molecular weight is 130 g/mol. The van der Waals surface area contributed by atoms with Crippen molar-refractivity contribution in [3.63, 3.8) is 0 Å². The molecule has 2 heteroatoms. The number of rotatable bonds is 3. The van der Waals surface area contributed by atoms with Crippen LogP contribution in [0.25, 0.3) is 0 Å². The Labute approximate surface area is 56.5 Å². The van der Waals surface area contributed by atoms with Gasteiger partial charge in [-0.05, 0) is 6.08 Å². The highest BCUT2D eigenvalue weighted by Gasteiger charge is 1.87. The SMILES string of the molecule is C=CC(=O)COC.CC. The zero-order valence-electron chi connectivity index (χ0n) is 6.31. The van der Waals surface area contributed by atoms with Gasteiger partial charge in [-0.1, -0.05) is 20.4 Å². The van der Waals surface area contributed by atoms with Gasteiger partial charge >= 0.3 is 0 Å². The first-order chi connectivity index (χ1) is 4.31. The molecular weight excluding hydrogens is 116 g/mol. The van der Waals surface area contributed by atoms with E-state index in [1.807, 2.05) is 13.8 Å². The minimum Gasteiger partial charge on any atom is -0.377 e. The molecule has 0 aliphatic carbocycles. The van der Waals surface area contributed by atoms with Gasteiger partial charge in [0.25, 0.3) is 0 Å². The summed E-state index contributed by atoms with van der Waals surface area (Å²) in [5.74, 6) is -0.0810. The first-order valence-electron chi connectivity index (χ1n) is 2.95. The monoisotopic (exact) mass is 130 g/mol. The minimum atomic E-state index is -0.0810. The van der Waals surface area contributed by atoms with Crippen LogP contribution in [0.4, 0.5) is 0 Å². The molecule has 0 aromatic rings. The third-order valence-corrected chi connectivity index (χ3v) is 0.514. The van der Waals surface area contributed by atoms with Crippen molar-refractivity contribution in [2.75, 3.05) is 13.7 Å². The van der Waals surface area contributed by atoms with Crippen LogP contribution in [0.2, 0.25) is 0 Å². The van der Waals surface area contributed by atoms with E-state index in [4.69, 9.17) is 0 Å². The number of ketones is 1. The number of carbonyl (C=O) groups excluding carboxylic acids is 1. The van der Waals surface area contributed by atoms with Crippen LogP contribution < -0.4 is 0 Å². The normalized spacial score (nSPS) is 7.00. The molecule has 0 aliphatic heterocycles. The largest absolute Gasteiger partial charge is 0.377 e. The molecule has 9 heavy (non-hydrogen) atoms. The zero-order valence-corrected chi connectivity index (χ0v) is 6.31. The maximum absolute atomic E-state index is 10.2. The predicted molar refractivity (Wildman–Crippen MR) is 38.4 cm³/mol. The van der Waals surface area contributed by atoms with E-state index in [-0.39, 0.29) is 12.4 Å². The van der Waals surface area contributed by atoms with Crippen molar-refractivity contribution in [1.29, 1.82) is 0 Å². The molecule has 0 spiro atoms. The Morgan fingerprint density at radius 2 is 2.11 bits per heavy atom. The third-order valence-electron chi connectivity index (χ3n) is 0.514. The summed E-state index contributed by atoms with van der Waals surface area (Å²) in [6, 6.07) is 0. The second-order valence-electron chi connectivity index (χ2n) is 1.10. The summed E-state index contributed by atoms with van der Waals surface area (Å²) < 4.78 is 4.47. The second kappa shape index (κ2) is 10.4. The molecule has 0 heterocycles. The number of hydrogen-bond acceptors (Lipinski definition) is 2. The van der Waals surface area contributed by atoms with Gasteiger partial charge in [-0.3, -0.25) is 4.79 Å². The van der Waals surface area contributed by atoms with Crippen molar-refractivity contribution in [2.45, 2.75) is 13.8 Å². The van der Waals surface area contributed by atoms with Crippen molar-refractivity contribution < 1.29 is 9.53 Å². The van der Waals surface area contributed by atoms with Crippen LogP contribution in [0.5, 0.6) is 0 Å². The Kier molecular flexibility index (Phi) is 12.9. The Bertz CT molecular complexity index is 77.0. The summed E-state index contributed by atoms with van der Waals surface area (Å²) in [5.41, 5.74) is 0. The molecule has 0 aromatic carbocycles. The van der Waals surface area contributed by atoms with Crippen molar-refractivity contribution in [3.05, 3.63) is 12.7 Å². The lowest BCUT2D eigenvalue weighted by atomic mass is 10.4. The molecule has 0 aromatic heterocycles. The molecule has 0 aliphatic rings. The van der Waals surface area contributed by atoms with E-state index in [1.165, 1.54) is 13.2 Å². The van der Waals surface area contributed by atoms with Crippen molar-refractivity contribution in [3.8, 4) is 0 Å². The molecule has 0 amide bonds. The fourth-order valence-electron chi connectivity index (χ4n) is 0.201. The van der Waals surface area contributed by atoms with Crippen LogP contribution in [-0.2, 0) is 9.53 Å². The Morgan fingerprint density at radius 3 is 2.22 bits per heavy atom. The van der Waals surface area contributed by atoms with Crippen LogP contribution in [0, 0.1) is 0 Å². The molecular formula is C7H14O2. The predicted octanol–water partition coefficient (Wildman–Crippen LogP) is 1.41. The fraction of sp³-hybridized carbons (Fsp3) is 0.571. The van der Waals surface area contributed by atoms with Gasteiger partial charge in [0.2, 0.25) is 0 Å². The molecule has 0 radical (unpaired) electrons. The van der Waals surface area contributed by atoms with E-state index in [9.17, 15) is 4.79 Å². The van der Waals surface area contributed by atoms with Gasteiger partial charge in [0.15, 0.2) is 5.78 Å². The highest BCUT2D eigenvalue weighted by atomic mass is 16.5. The number of carbonyl (C=O) groups is 1. The van der Waals surface area contributed by atoms with Gasteiger partial charge in [-0.25, -0.2) is 0 Å². The lowest BCUT2D eigenvalue weighted by Crippen LogP contribution is -2.00. The molecule has 0 fully saturated rings. The zero-order chi connectivity index (χ0) is 7.70. The van der Waals surface area contributed by atoms with Crippen molar-refractivity contribution in [1.82, 2.24) is 0 Å². The topological polar surface area (TPSA) is 26.3 Å². The van der Waals surface area contributed by atoms with Crippen molar-refractivity contribution >= 4 is 5.78 Å². The van der Waals surface area contributed by atoms with Crippen LogP contribution in [0.3, 0.4) is 0 Å². The van der Waals surface area contributed by atoms with E-state index in [1.54, 1.807) is 0 Å². The van der Waals surface area contributed by atoms with Gasteiger partial charge in [-0.2, -0.15) is 0 Å². The molecule has 0 rings (SSSR count). The standard InChI is InChI=1S/C5H8O2.C2H6/c1-3-5(6)4-7-2;1-2/h3H,1,4H2,2H3;1-2H3.